The van der Waals surface area contributed by atoms with Crippen LogP contribution in [0.15, 0.2) is 188 Å². The SMILES string of the molecule is [2H]c1c([2H])c([2H])c(-c2nc(-c3c([2H])c([2H])c([2H])c([2H])c3[2H])nc(-n3c4ccccc4c4ccc5c6ccccc6n(-c6c([2H])c([2H])c([2H])c7[nH]c8c([2H])c([2H])c(-c9c([2H])c([2H])c([2H])c([2H])c9[2H])c([2H])c8c67)c5c43)n2)c([2H])c1[2H]. The lowest BCUT2D eigenvalue weighted by molar-refractivity contribution is 0.953. The number of benzene rings is 8. The lowest BCUT2D eigenvalue weighted by Gasteiger charge is -2.14. The third-order valence-electron chi connectivity index (χ3n) is 9.88. The third kappa shape index (κ3) is 4.81. The minimum atomic E-state index is -0.750. The largest absolute Gasteiger partial charge is 0.354 e. The molecular weight excluding hydrogens is 697 g/mol. The number of H-pyrrole nitrogens is 1. The van der Waals surface area contributed by atoms with E-state index < -0.39 is 161 Å². The molecule has 0 bridgehead atoms. The number of aromatic amines is 1. The fraction of sp³-hybridized carbons (Fsp3) is 0. The summed E-state index contributed by atoms with van der Waals surface area (Å²) < 4.78 is 189. The van der Waals surface area contributed by atoms with Gasteiger partial charge >= 0.3 is 0 Å². The summed E-state index contributed by atoms with van der Waals surface area (Å²) >= 11 is 0. The first kappa shape index (κ1) is 17.3. The molecular formula is C51H32N6. The monoisotopic (exact) mass is 749 g/mol. The standard InChI is InChI=1S/C51H32N6/c1-4-15-32(16-5-1)35-27-30-41-40(31-35)46-42(52-41)23-14-26-45(46)56-43-24-12-10-21-36(43)38-28-29-39-37-22-11-13-25-44(37)57(48(39)47(38)56)51-54-49(33-17-6-2-7-18-33)53-50(55-51)34-19-8-3-9-20-34/h1-31,52H/i1D,2D,3D,4D,5D,6D,7D,8D,9D,14D,15D,16D,17D,18D,19D,20D,23D,26D,27D,30D,31D. The molecule has 12 aromatic rings. The second kappa shape index (κ2) is 12.3. The molecule has 6 heteroatoms. The number of nitrogens with one attached hydrogen (secondary N) is 1. The highest BCUT2D eigenvalue weighted by Crippen LogP contribution is 2.43. The number of aromatic nitrogens is 6. The zero-order valence-corrected chi connectivity index (χ0v) is 29.0. The predicted molar refractivity (Wildman–Crippen MR) is 234 cm³/mol. The zero-order chi connectivity index (χ0) is 55.7. The van der Waals surface area contributed by atoms with Gasteiger partial charge < -0.3 is 9.55 Å². The highest BCUT2D eigenvalue weighted by Gasteiger charge is 2.24. The molecule has 0 saturated carbocycles. The average molecular weight is 750 g/mol. The Kier molecular flexibility index (Phi) is 3.75. The summed E-state index contributed by atoms with van der Waals surface area (Å²) in [6.45, 7) is 0. The first-order valence-corrected chi connectivity index (χ1v) is 17.5. The van der Waals surface area contributed by atoms with E-state index in [2.05, 4.69) is 9.97 Å². The molecule has 0 fully saturated rings. The van der Waals surface area contributed by atoms with Crippen LogP contribution in [0.25, 0.3) is 111 Å². The van der Waals surface area contributed by atoms with Crippen molar-refractivity contribution in [2.45, 2.75) is 0 Å². The van der Waals surface area contributed by atoms with Crippen LogP contribution in [0.4, 0.5) is 0 Å². The Labute approximate surface area is 356 Å². The molecule has 4 heterocycles. The van der Waals surface area contributed by atoms with E-state index in [0.29, 0.717) is 32.6 Å². The molecule has 4 aromatic heterocycles. The van der Waals surface area contributed by atoms with Gasteiger partial charge in [-0.05, 0) is 47.4 Å². The minimum Gasteiger partial charge on any atom is -0.354 e. The first-order valence-electron chi connectivity index (χ1n) is 28.0. The summed E-state index contributed by atoms with van der Waals surface area (Å²) in [4.78, 5) is 17.1. The van der Waals surface area contributed by atoms with Crippen molar-refractivity contribution in [1.82, 2.24) is 29.1 Å². The van der Waals surface area contributed by atoms with Crippen molar-refractivity contribution in [3.63, 3.8) is 0 Å². The van der Waals surface area contributed by atoms with Gasteiger partial charge in [-0.1, -0.05) is 151 Å². The normalized spacial score (nSPS) is 17.0. The lowest BCUT2D eigenvalue weighted by Crippen LogP contribution is -2.07. The van der Waals surface area contributed by atoms with Gasteiger partial charge in [0.15, 0.2) is 11.6 Å². The number of rotatable bonds is 5. The molecule has 0 aliphatic heterocycles. The Bertz CT molecular complexity index is 4600. The minimum absolute atomic E-state index is 0.0717. The van der Waals surface area contributed by atoms with E-state index in [9.17, 15) is 6.85 Å². The summed E-state index contributed by atoms with van der Waals surface area (Å²) in [7, 11) is 0. The summed E-state index contributed by atoms with van der Waals surface area (Å²) in [6.07, 6.45) is 0. The molecule has 0 saturated heterocycles. The molecule has 0 aliphatic carbocycles. The molecule has 0 aliphatic rings. The molecule has 8 aromatic carbocycles. The van der Waals surface area contributed by atoms with Crippen LogP contribution in [0.2, 0.25) is 0 Å². The Morgan fingerprint density at radius 3 is 1.61 bits per heavy atom. The van der Waals surface area contributed by atoms with Gasteiger partial charge in [-0.25, -0.2) is 4.98 Å². The van der Waals surface area contributed by atoms with Crippen molar-refractivity contribution < 1.29 is 28.8 Å². The Morgan fingerprint density at radius 1 is 0.421 bits per heavy atom. The maximum Gasteiger partial charge on any atom is 0.238 e. The van der Waals surface area contributed by atoms with Crippen LogP contribution in [-0.4, -0.2) is 29.1 Å². The fourth-order valence-electron chi connectivity index (χ4n) is 7.57. The number of para-hydroxylation sites is 2. The quantitative estimate of drug-likeness (QED) is 0.191. The summed E-state index contributed by atoms with van der Waals surface area (Å²) in [5.74, 6) is -1.41. The summed E-state index contributed by atoms with van der Waals surface area (Å²) in [6, 6.07) is 3.09. The van der Waals surface area contributed by atoms with E-state index in [4.69, 9.17) is 31.9 Å². The molecule has 1 N–H and O–H groups in total. The van der Waals surface area contributed by atoms with Crippen LogP contribution in [0.3, 0.4) is 0 Å². The van der Waals surface area contributed by atoms with Crippen molar-refractivity contribution >= 4 is 65.4 Å². The Balaban J connectivity index is 1.30. The van der Waals surface area contributed by atoms with Crippen LogP contribution in [0.1, 0.15) is 28.8 Å². The lowest BCUT2D eigenvalue weighted by atomic mass is 10.0. The van der Waals surface area contributed by atoms with Crippen molar-refractivity contribution in [1.29, 1.82) is 0 Å². The summed E-state index contributed by atoms with van der Waals surface area (Å²) in [5.41, 5.74) is -1.17. The van der Waals surface area contributed by atoms with Gasteiger partial charge in [0.1, 0.15) is 0 Å². The van der Waals surface area contributed by atoms with E-state index in [1.54, 1.807) is 57.7 Å². The molecule has 0 radical (unpaired) electrons. The number of nitrogens with zero attached hydrogens (tertiary/aromatic N) is 5. The number of fused-ring (bicyclic) bond motifs is 10. The molecule has 57 heavy (non-hydrogen) atoms. The van der Waals surface area contributed by atoms with Crippen LogP contribution in [0, 0.1) is 0 Å². The number of hydrogen-bond acceptors (Lipinski definition) is 3. The maximum atomic E-state index is 9.83. The van der Waals surface area contributed by atoms with Gasteiger partial charge in [-0.3, -0.25) is 4.57 Å². The van der Waals surface area contributed by atoms with Crippen LogP contribution in [0.5, 0.6) is 0 Å². The Morgan fingerprint density at radius 2 is 0.982 bits per heavy atom. The van der Waals surface area contributed by atoms with E-state index in [1.165, 1.54) is 0 Å². The van der Waals surface area contributed by atoms with Gasteiger partial charge in [0.05, 0.1) is 56.5 Å². The molecule has 0 amide bonds. The molecule has 6 nitrogen and oxygen atoms in total. The molecule has 0 spiro atoms. The van der Waals surface area contributed by atoms with Crippen LogP contribution in [-0.2, 0) is 0 Å². The van der Waals surface area contributed by atoms with Gasteiger partial charge in [0.2, 0.25) is 5.95 Å². The van der Waals surface area contributed by atoms with Crippen molar-refractivity contribution in [3.8, 4) is 45.5 Å². The van der Waals surface area contributed by atoms with Gasteiger partial charge in [0, 0.05) is 54.5 Å². The molecule has 0 unspecified atom stereocenters. The highest BCUT2D eigenvalue weighted by atomic mass is 15.2. The third-order valence-corrected chi connectivity index (χ3v) is 9.88. The van der Waals surface area contributed by atoms with E-state index >= 15 is 0 Å². The van der Waals surface area contributed by atoms with E-state index in [0.717, 1.165) is 0 Å². The van der Waals surface area contributed by atoms with Crippen molar-refractivity contribution in [2.75, 3.05) is 0 Å². The van der Waals surface area contributed by atoms with Gasteiger partial charge in [0.25, 0.3) is 0 Å². The highest BCUT2D eigenvalue weighted by molar-refractivity contribution is 6.25. The predicted octanol–water partition coefficient (Wildman–Crippen LogP) is 12.7. The fourth-order valence-corrected chi connectivity index (χ4v) is 7.57. The Hall–Kier alpha value is -7.83. The second-order valence-electron chi connectivity index (χ2n) is 12.9. The molecule has 12 rings (SSSR count). The van der Waals surface area contributed by atoms with Crippen molar-refractivity contribution in [3.05, 3.63) is 188 Å². The van der Waals surface area contributed by atoms with Gasteiger partial charge in [-0.2, -0.15) is 9.97 Å². The molecule has 0 atom stereocenters. The average Bonchev–Trinajstić information content (AvgIpc) is 3.55. The van der Waals surface area contributed by atoms with Gasteiger partial charge in [-0.15, -0.1) is 0 Å². The zero-order valence-electron chi connectivity index (χ0n) is 50.0. The van der Waals surface area contributed by atoms with E-state index in [-0.39, 0.29) is 44.5 Å². The number of hydrogen-bond donors (Lipinski definition) is 1. The maximum absolute atomic E-state index is 9.83. The topological polar surface area (TPSA) is 64.3 Å². The first-order chi connectivity index (χ1) is 37.0. The van der Waals surface area contributed by atoms with E-state index in [1.807, 2.05) is 12.1 Å². The van der Waals surface area contributed by atoms with Crippen LogP contribution < -0.4 is 0 Å². The van der Waals surface area contributed by atoms with Crippen molar-refractivity contribution in [2.24, 2.45) is 0 Å². The smallest absolute Gasteiger partial charge is 0.238 e. The summed E-state index contributed by atoms with van der Waals surface area (Å²) in [5, 5.41) is 1.88. The second-order valence-corrected chi connectivity index (χ2v) is 12.9. The molecule has 266 valence electrons. The van der Waals surface area contributed by atoms with Crippen LogP contribution >= 0.6 is 0 Å².